The van der Waals surface area contributed by atoms with Crippen LogP contribution in [0.1, 0.15) is 40.5 Å². The Morgan fingerprint density at radius 3 is 2.95 bits per heavy atom. The van der Waals surface area contributed by atoms with Gasteiger partial charge in [0.1, 0.15) is 11.9 Å². The number of nitrogens with one attached hydrogen (secondary N) is 1. The van der Waals surface area contributed by atoms with Gasteiger partial charge in [0.2, 0.25) is 0 Å². The molecule has 7 nitrogen and oxygen atoms in total. The molecule has 2 aromatic rings. The largest absolute Gasteiger partial charge is 0.377 e. The van der Waals surface area contributed by atoms with Gasteiger partial charge in [-0.2, -0.15) is 5.10 Å². The quantitative estimate of drug-likeness (QED) is 0.931. The molecule has 0 unspecified atom stereocenters. The highest BCUT2D eigenvalue weighted by Gasteiger charge is 2.32. The molecule has 0 saturated carbocycles. The molecule has 2 aromatic heterocycles. The second-order valence-electron chi connectivity index (χ2n) is 5.52. The van der Waals surface area contributed by atoms with Gasteiger partial charge in [-0.15, -0.1) is 0 Å². The van der Waals surface area contributed by atoms with Gasteiger partial charge in [-0.25, -0.2) is 4.98 Å². The number of amides is 1. The van der Waals surface area contributed by atoms with Crippen molar-refractivity contribution in [1.29, 1.82) is 0 Å². The summed E-state index contributed by atoms with van der Waals surface area (Å²) in [6, 6.07) is -0.181. The third kappa shape index (κ3) is 2.64. The molecular weight excluding hydrogens is 282 g/mol. The van der Waals surface area contributed by atoms with E-state index in [9.17, 15) is 4.79 Å². The Bertz CT molecular complexity index is 675. The van der Waals surface area contributed by atoms with E-state index >= 15 is 0 Å². The number of morpholine rings is 1. The van der Waals surface area contributed by atoms with Crippen LogP contribution in [0.15, 0.2) is 12.4 Å². The fourth-order valence-corrected chi connectivity index (χ4v) is 2.72. The van der Waals surface area contributed by atoms with Gasteiger partial charge in [0, 0.05) is 31.2 Å². The summed E-state index contributed by atoms with van der Waals surface area (Å²) in [6.45, 7) is 8.12. The van der Waals surface area contributed by atoms with Crippen molar-refractivity contribution < 1.29 is 9.53 Å². The number of hydrogen-bond donors (Lipinski definition) is 1. The molecule has 1 N–H and O–H groups in total. The molecule has 1 aliphatic rings. The third-order valence-corrected chi connectivity index (χ3v) is 3.93. The minimum atomic E-state index is -0.181. The Morgan fingerprint density at radius 2 is 2.32 bits per heavy atom. The van der Waals surface area contributed by atoms with E-state index in [1.807, 2.05) is 31.9 Å². The molecule has 1 aliphatic heterocycles. The average molecular weight is 303 g/mol. The first-order valence-corrected chi connectivity index (χ1v) is 7.54. The summed E-state index contributed by atoms with van der Waals surface area (Å²) in [5.74, 6) is 0.755. The van der Waals surface area contributed by atoms with Gasteiger partial charge in [0.25, 0.3) is 5.91 Å². The van der Waals surface area contributed by atoms with Crippen molar-refractivity contribution in [2.24, 2.45) is 0 Å². The number of hydrogen-bond acceptors (Lipinski definition) is 4. The third-order valence-electron chi connectivity index (χ3n) is 3.93. The Balaban J connectivity index is 1.89. The van der Waals surface area contributed by atoms with Crippen LogP contribution < -0.4 is 0 Å². The Kier molecular flexibility index (Phi) is 3.98. The maximum atomic E-state index is 12.9. The monoisotopic (exact) mass is 303 g/mol. The number of H-pyrrole nitrogens is 1. The molecule has 1 saturated heterocycles. The topological polar surface area (TPSA) is 76.0 Å². The van der Waals surface area contributed by atoms with Gasteiger partial charge < -0.3 is 14.6 Å². The van der Waals surface area contributed by atoms with Crippen molar-refractivity contribution in [3.05, 3.63) is 35.2 Å². The minimum absolute atomic E-state index is 0.0143. The van der Waals surface area contributed by atoms with E-state index in [-0.39, 0.29) is 11.9 Å². The Labute approximate surface area is 129 Å². The number of aryl methyl sites for hydroxylation is 3. The molecule has 0 aliphatic carbocycles. The molecule has 3 heterocycles. The van der Waals surface area contributed by atoms with Crippen LogP contribution in [0.2, 0.25) is 0 Å². The summed E-state index contributed by atoms with van der Waals surface area (Å²) >= 11 is 0. The fraction of sp³-hybridized carbons (Fsp3) is 0.533. The molecule has 3 rings (SSSR count). The van der Waals surface area contributed by atoms with Gasteiger partial charge >= 0.3 is 0 Å². The van der Waals surface area contributed by atoms with E-state index in [1.165, 1.54) is 0 Å². The van der Waals surface area contributed by atoms with Gasteiger partial charge in [-0.1, -0.05) is 0 Å². The van der Waals surface area contributed by atoms with Crippen molar-refractivity contribution in [2.45, 2.75) is 33.4 Å². The van der Waals surface area contributed by atoms with Crippen molar-refractivity contribution >= 4 is 5.91 Å². The second kappa shape index (κ2) is 5.92. The number of carbonyl (C=O) groups is 1. The molecule has 7 heteroatoms. The van der Waals surface area contributed by atoms with Crippen LogP contribution >= 0.6 is 0 Å². The molecule has 0 bridgehead atoms. The molecule has 1 atom stereocenters. The van der Waals surface area contributed by atoms with Crippen LogP contribution in [0.5, 0.6) is 0 Å². The highest BCUT2D eigenvalue weighted by atomic mass is 16.5. The van der Waals surface area contributed by atoms with Crippen molar-refractivity contribution in [3.63, 3.8) is 0 Å². The number of carbonyl (C=O) groups excluding carboxylic acids is 1. The van der Waals surface area contributed by atoms with E-state index in [1.54, 1.807) is 10.9 Å². The van der Waals surface area contributed by atoms with Crippen molar-refractivity contribution in [1.82, 2.24) is 24.6 Å². The first-order chi connectivity index (χ1) is 10.6. The van der Waals surface area contributed by atoms with Crippen LogP contribution in [-0.2, 0) is 11.3 Å². The Hall–Kier alpha value is -2.15. The maximum absolute atomic E-state index is 12.9. The lowest BCUT2D eigenvalue weighted by molar-refractivity contribution is -0.00505. The summed E-state index contributed by atoms with van der Waals surface area (Å²) in [5.41, 5.74) is 2.38. The van der Waals surface area contributed by atoms with E-state index in [0.29, 0.717) is 25.3 Å². The van der Waals surface area contributed by atoms with E-state index in [2.05, 4.69) is 15.1 Å². The van der Waals surface area contributed by atoms with Crippen LogP contribution in [0.25, 0.3) is 0 Å². The highest BCUT2D eigenvalue weighted by Crippen LogP contribution is 2.24. The molecule has 0 spiro atoms. The summed E-state index contributed by atoms with van der Waals surface area (Å²) in [5, 5.41) is 4.36. The number of aromatic amines is 1. The van der Waals surface area contributed by atoms with Crippen molar-refractivity contribution in [2.75, 3.05) is 19.8 Å². The highest BCUT2D eigenvalue weighted by molar-refractivity contribution is 5.95. The summed E-state index contributed by atoms with van der Waals surface area (Å²) in [7, 11) is 0. The van der Waals surface area contributed by atoms with E-state index in [4.69, 9.17) is 4.74 Å². The number of imidazole rings is 1. The predicted molar refractivity (Wildman–Crippen MR) is 80.6 cm³/mol. The van der Waals surface area contributed by atoms with Crippen LogP contribution in [0.4, 0.5) is 0 Å². The number of nitrogens with zero attached hydrogens (tertiary/aromatic N) is 4. The summed E-state index contributed by atoms with van der Waals surface area (Å²) in [4.78, 5) is 22.3. The lowest BCUT2D eigenvalue weighted by atomic mass is 10.1. The standard InChI is InChI=1S/C15H21N5O2/c1-4-19-8-12(11(3)18-19)15(21)20-5-6-22-9-13(20)14-16-7-10(2)17-14/h7-8,13H,4-6,9H2,1-3H3,(H,16,17)/t13-/m0/s1. The van der Waals surface area contributed by atoms with E-state index in [0.717, 1.165) is 23.8 Å². The number of aromatic nitrogens is 4. The average Bonchev–Trinajstić information content (AvgIpc) is 3.12. The second-order valence-corrected chi connectivity index (χ2v) is 5.52. The Morgan fingerprint density at radius 1 is 1.50 bits per heavy atom. The lowest BCUT2D eigenvalue weighted by Crippen LogP contribution is -2.44. The first kappa shape index (κ1) is 14.8. The van der Waals surface area contributed by atoms with Crippen molar-refractivity contribution in [3.8, 4) is 0 Å². The van der Waals surface area contributed by atoms with Gasteiger partial charge in [0.15, 0.2) is 0 Å². The predicted octanol–water partition coefficient (Wildman–Crippen LogP) is 1.46. The zero-order chi connectivity index (χ0) is 15.7. The summed E-state index contributed by atoms with van der Waals surface area (Å²) in [6.07, 6.45) is 3.59. The molecule has 118 valence electrons. The molecular formula is C15H21N5O2. The van der Waals surface area contributed by atoms with Gasteiger partial charge in [0.05, 0.1) is 24.5 Å². The van der Waals surface area contributed by atoms with E-state index < -0.39 is 0 Å². The molecule has 22 heavy (non-hydrogen) atoms. The maximum Gasteiger partial charge on any atom is 0.258 e. The first-order valence-electron chi connectivity index (χ1n) is 7.54. The molecule has 0 radical (unpaired) electrons. The van der Waals surface area contributed by atoms with Gasteiger partial charge in [-0.3, -0.25) is 9.48 Å². The smallest absolute Gasteiger partial charge is 0.258 e. The molecule has 0 aromatic carbocycles. The molecule has 1 amide bonds. The number of ether oxygens (including phenoxy) is 1. The summed E-state index contributed by atoms with van der Waals surface area (Å²) < 4.78 is 7.33. The zero-order valence-electron chi connectivity index (χ0n) is 13.2. The minimum Gasteiger partial charge on any atom is -0.377 e. The lowest BCUT2D eigenvalue weighted by Gasteiger charge is -2.34. The van der Waals surface area contributed by atoms with Crippen LogP contribution in [0, 0.1) is 13.8 Å². The molecule has 1 fully saturated rings. The SMILES string of the molecule is CCn1cc(C(=O)N2CCOC[C@H]2c2ncc(C)[nH]2)c(C)n1. The number of rotatable bonds is 3. The van der Waals surface area contributed by atoms with Crippen LogP contribution in [-0.4, -0.2) is 50.3 Å². The normalized spacial score (nSPS) is 18.7. The fourth-order valence-electron chi connectivity index (χ4n) is 2.72. The zero-order valence-corrected chi connectivity index (χ0v) is 13.2. The van der Waals surface area contributed by atoms with Gasteiger partial charge in [-0.05, 0) is 20.8 Å². The van der Waals surface area contributed by atoms with Crippen LogP contribution in [0.3, 0.4) is 0 Å².